The fourth-order valence-electron chi connectivity index (χ4n) is 3.94. The molecule has 5 aromatic rings. The molecule has 5 rings (SSSR count). The Morgan fingerprint density at radius 1 is 0.763 bits per heavy atom. The van der Waals surface area contributed by atoms with Crippen molar-refractivity contribution < 1.29 is 18.3 Å². The van der Waals surface area contributed by atoms with Gasteiger partial charge in [-0.3, -0.25) is 0 Å². The van der Waals surface area contributed by atoms with E-state index in [0.717, 1.165) is 16.7 Å². The van der Waals surface area contributed by atoms with Gasteiger partial charge in [0.2, 0.25) is 5.88 Å². The van der Waals surface area contributed by atoms with E-state index >= 15 is 0 Å². The fourth-order valence-corrected chi connectivity index (χ4v) is 4.24. The van der Waals surface area contributed by atoms with E-state index in [9.17, 15) is 5.26 Å². The number of benzene rings is 3. The first-order valence-electron chi connectivity index (χ1n) is 11.5. The van der Waals surface area contributed by atoms with Crippen molar-refractivity contribution >= 4 is 35.3 Å². The van der Waals surface area contributed by atoms with E-state index < -0.39 is 0 Å². The van der Waals surface area contributed by atoms with Crippen molar-refractivity contribution in [2.24, 2.45) is 4.99 Å². The summed E-state index contributed by atoms with van der Waals surface area (Å²) in [7, 11) is 3.21. The minimum atomic E-state index is 0.164. The average molecular weight is 543 g/mol. The Hall–Kier alpha value is -4.44. The Balaban J connectivity index is 1.56. The van der Waals surface area contributed by atoms with E-state index in [-0.39, 0.29) is 5.88 Å². The quantitative estimate of drug-likeness (QED) is 0.192. The van der Waals surface area contributed by atoms with Gasteiger partial charge in [-0.05, 0) is 72.3 Å². The highest BCUT2D eigenvalue weighted by Gasteiger charge is 2.23. The van der Waals surface area contributed by atoms with E-state index in [2.05, 4.69) is 11.1 Å². The number of furan rings is 2. The van der Waals surface area contributed by atoms with Crippen molar-refractivity contribution in [2.45, 2.75) is 0 Å². The van der Waals surface area contributed by atoms with Crippen LogP contribution in [0.5, 0.6) is 11.5 Å². The molecule has 8 heteroatoms. The summed E-state index contributed by atoms with van der Waals surface area (Å²) in [6, 6.07) is 25.9. The molecule has 0 aliphatic heterocycles. The lowest BCUT2D eigenvalue weighted by molar-refractivity contribution is 0.414. The monoisotopic (exact) mass is 542 g/mol. The van der Waals surface area contributed by atoms with Crippen LogP contribution in [0.25, 0.3) is 33.8 Å². The molecule has 0 saturated carbocycles. The Bertz CT molecular complexity index is 1660. The molecule has 6 nitrogen and oxygen atoms in total. The van der Waals surface area contributed by atoms with E-state index in [1.54, 1.807) is 38.5 Å². The smallest absolute Gasteiger partial charge is 0.238 e. The van der Waals surface area contributed by atoms with Crippen molar-refractivity contribution in [1.82, 2.24) is 0 Å². The van der Waals surface area contributed by atoms with Gasteiger partial charge in [0.25, 0.3) is 0 Å². The van der Waals surface area contributed by atoms with E-state index in [1.807, 2.05) is 54.6 Å². The first-order chi connectivity index (χ1) is 18.5. The van der Waals surface area contributed by atoms with Crippen LogP contribution in [0.1, 0.15) is 11.3 Å². The molecule has 2 aromatic heterocycles. The van der Waals surface area contributed by atoms with Gasteiger partial charge in [-0.15, -0.1) is 0 Å². The summed E-state index contributed by atoms with van der Waals surface area (Å²) in [6.45, 7) is 0. The van der Waals surface area contributed by atoms with Crippen molar-refractivity contribution in [1.29, 1.82) is 5.26 Å². The van der Waals surface area contributed by atoms with Crippen LogP contribution in [-0.4, -0.2) is 20.4 Å². The summed E-state index contributed by atoms with van der Waals surface area (Å²) in [5, 5.41) is 11.0. The predicted octanol–water partition coefficient (Wildman–Crippen LogP) is 8.82. The molecule has 0 fully saturated rings. The third-order valence-corrected chi connectivity index (χ3v) is 6.61. The molecular formula is C30H20Cl2N2O4. The second-order valence-electron chi connectivity index (χ2n) is 8.14. The zero-order valence-electron chi connectivity index (χ0n) is 20.4. The van der Waals surface area contributed by atoms with E-state index in [0.29, 0.717) is 50.0 Å². The zero-order chi connectivity index (χ0) is 26.6. The lowest BCUT2D eigenvalue weighted by Crippen LogP contribution is -1.86. The topological polar surface area (TPSA) is 80.9 Å². The summed E-state index contributed by atoms with van der Waals surface area (Å²) >= 11 is 12.2. The summed E-state index contributed by atoms with van der Waals surface area (Å²) in [5.74, 6) is 3.16. The van der Waals surface area contributed by atoms with Crippen molar-refractivity contribution in [2.75, 3.05) is 14.2 Å². The Morgan fingerprint density at radius 2 is 1.39 bits per heavy atom. The van der Waals surface area contributed by atoms with Gasteiger partial charge in [0.15, 0.2) is 0 Å². The summed E-state index contributed by atoms with van der Waals surface area (Å²) in [4.78, 5) is 4.48. The van der Waals surface area contributed by atoms with Crippen LogP contribution >= 0.6 is 23.2 Å². The Morgan fingerprint density at radius 3 is 2.00 bits per heavy atom. The standard InChI is InChI=1S/C30H20Cl2N2O4/c1-35-21-8-3-18(4-9-21)28-24(16-33)30(38-29(28)19-5-10-22(36-2)11-6-19)34-17-23-12-14-27(37-23)20-7-13-25(31)26(32)15-20/h3-15,17H,1-2H3/b34-17+. The first-order valence-corrected chi connectivity index (χ1v) is 12.2. The fraction of sp³-hybridized carbons (Fsp3) is 0.0667. The van der Waals surface area contributed by atoms with Gasteiger partial charge >= 0.3 is 0 Å². The molecule has 0 aliphatic rings. The van der Waals surface area contributed by atoms with E-state index in [4.69, 9.17) is 41.5 Å². The normalized spacial score (nSPS) is 11.0. The average Bonchev–Trinajstić information content (AvgIpc) is 3.58. The minimum Gasteiger partial charge on any atom is -0.497 e. The molecule has 0 bridgehead atoms. The zero-order valence-corrected chi connectivity index (χ0v) is 21.9. The molecule has 3 aromatic carbocycles. The summed E-state index contributed by atoms with van der Waals surface area (Å²) in [5.41, 5.74) is 3.27. The number of ether oxygens (including phenoxy) is 2. The molecule has 0 amide bonds. The maximum absolute atomic E-state index is 10.1. The number of aliphatic imine (C=N–C) groups is 1. The van der Waals surface area contributed by atoms with Crippen molar-refractivity contribution in [3.63, 3.8) is 0 Å². The highest BCUT2D eigenvalue weighted by Crippen LogP contribution is 2.43. The lowest BCUT2D eigenvalue weighted by Gasteiger charge is -2.06. The molecule has 0 radical (unpaired) electrons. The molecule has 0 N–H and O–H groups in total. The number of hydrogen-bond donors (Lipinski definition) is 0. The maximum atomic E-state index is 10.1. The highest BCUT2D eigenvalue weighted by molar-refractivity contribution is 6.42. The van der Waals surface area contributed by atoms with Gasteiger partial charge in [-0.1, -0.05) is 35.3 Å². The number of nitrogens with zero attached hydrogens (tertiary/aromatic N) is 2. The van der Waals surface area contributed by atoms with Crippen LogP contribution in [0.3, 0.4) is 0 Å². The maximum Gasteiger partial charge on any atom is 0.238 e. The highest BCUT2D eigenvalue weighted by atomic mass is 35.5. The van der Waals surface area contributed by atoms with Gasteiger partial charge in [-0.2, -0.15) is 5.26 Å². The predicted molar refractivity (Wildman–Crippen MR) is 149 cm³/mol. The van der Waals surface area contributed by atoms with Crippen LogP contribution in [0, 0.1) is 11.3 Å². The summed E-state index contributed by atoms with van der Waals surface area (Å²) < 4.78 is 22.7. The SMILES string of the molecule is COc1ccc(-c2oc(/N=C/c3ccc(-c4ccc(Cl)c(Cl)c4)o3)c(C#N)c2-c2ccc(OC)cc2)cc1. The minimum absolute atomic E-state index is 0.164. The van der Waals surface area contributed by atoms with E-state index in [1.165, 1.54) is 6.21 Å². The number of methoxy groups -OCH3 is 2. The number of halogens is 2. The lowest BCUT2D eigenvalue weighted by atomic mass is 9.98. The largest absolute Gasteiger partial charge is 0.497 e. The molecule has 2 heterocycles. The van der Waals surface area contributed by atoms with Crippen LogP contribution in [0.4, 0.5) is 5.88 Å². The van der Waals surface area contributed by atoms with Gasteiger partial charge < -0.3 is 18.3 Å². The first kappa shape index (κ1) is 25.2. The van der Waals surface area contributed by atoms with Crippen molar-refractivity contribution in [3.05, 3.63) is 100 Å². The van der Waals surface area contributed by atoms with Crippen LogP contribution in [-0.2, 0) is 0 Å². The van der Waals surface area contributed by atoms with Crippen molar-refractivity contribution in [3.8, 4) is 51.3 Å². The molecule has 0 saturated heterocycles. The number of nitriles is 1. The van der Waals surface area contributed by atoms with Crippen LogP contribution in [0.2, 0.25) is 10.0 Å². The van der Waals surface area contributed by atoms with Crippen LogP contribution < -0.4 is 9.47 Å². The van der Waals surface area contributed by atoms with Gasteiger partial charge in [-0.25, -0.2) is 4.99 Å². The number of rotatable bonds is 7. The number of hydrogen-bond acceptors (Lipinski definition) is 6. The molecule has 0 atom stereocenters. The van der Waals surface area contributed by atoms with Gasteiger partial charge in [0.1, 0.15) is 40.4 Å². The Labute approximate surface area is 229 Å². The third kappa shape index (κ3) is 5.03. The van der Waals surface area contributed by atoms with Crippen LogP contribution in [0.15, 0.2) is 92.7 Å². The molecule has 0 spiro atoms. The third-order valence-electron chi connectivity index (χ3n) is 5.87. The molecule has 0 unspecified atom stereocenters. The summed E-state index contributed by atoms with van der Waals surface area (Å²) in [6.07, 6.45) is 1.51. The second kappa shape index (κ2) is 10.9. The Kier molecular flexibility index (Phi) is 7.23. The molecular weight excluding hydrogens is 523 g/mol. The second-order valence-corrected chi connectivity index (χ2v) is 8.96. The van der Waals surface area contributed by atoms with Gasteiger partial charge in [0, 0.05) is 16.7 Å². The molecule has 38 heavy (non-hydrogen) atoms. The molecule has 188 valence electrons. The van der Waals surface area contributed by atoms with Gasteiger partial charge in [0.05, 0.1) is 30.5 Å². The molecule has 0 aliphatic carbocycles.